The molecule has 0 saturated carbocycles. The van der Waals surface area contributed by atoms with Crippen LogP contribution in [0.3, 0.4) is 0 Å². The van der Waals surface area contributed by atoms with Gasteiger partial charge in [-0.2, -0.15) is 0 Å². The van der Waals surface area contributed by atoms with Crippen LogP contribution in [0.1, 0.15) is 71.7 Å². The first-order valence-corrected chi connectivity index (χ1v) is 40.8. The highest BCUT2D eigenvalue weighted by molar-refractivity contribution is 14.1. The zero-order valence-electron chi connectivity index (χ0n) is 63.2. The highest BCUT2D eigenvalue weighted by Gasteiger charge is 2.60. The smallest absolute Gasteiger partial charge is 0.220 e. The van der Waals surface area contributed by atoms with Gasteiger partial charge in [0.05, 0.1) is 58.0 Å². The lowest BCUT2D eigenvalue weighted by Gasteiger charge is -2.27. The van der Waals surface area contributed by atoms with E-state index in [0.29, 0.717) is 15.3 Å². The normalized spacial score (nSPS) is 32.6. The summed E-state index contributed by atoms with van der Waals surface area (Å²) in [6.45, 7) is 10.6. The van der Waals surface area contributed by atoms with Gasteiger partial charge in [0.1, 0.15) is 106 Å². The molecule has 0 aromatic carbocycles. The van der Waals surface area contributed by atoms with Crippen molar-refractivity contribution in [3.05, 3.63) is 120 Å². The van der Waals surface area contributed by atoms with Gasteiger partial charge >= 0.3 is 0 Å². The van der Waals surface area contributed by atoms with Crippen LogP contribution in [0.15, 0.2) is 75.0 Å². The Hall–Kier alpha value is -8.58. The first-order chi connectivity index (χ1) is 57.2. The Morgan fingerprint density at radius 2 is 0.711 bits per heavy atom. The number of ether oxygens (including phenoxy) is 6. The number of terminal acetylenes is 6. The molecule has 0 aliphatic carbocycles. The first kappa shape index (κ1) is 93.1. The quantitative estimate of drug-likeness (QED) is 0.0271. The summed E-state index contributed by atoms with van der Waals surface area (Å²) in [6, 6.07) is 0. The molecule has 0 bridgehead atoms. The number of anilines is 2. The van der Waals surface area contributed by atoms with Crippen molar-refractivity contribution in [1.29, 1.82) is 0 Å². The van der Waals surface area contributed by atoms with Gasteiger partial charge in [-0.25, -0.2) is 71.8 Å². The predicted octanol–water partition coefficient (Wildman–Crippen LogP) is 5.30. The van der Waals surface area contributed by atoms with E-state index in [1.54, 1.807) is 0 Å². The molecule has 6 aliphatic rings. The molecule has 16 rings (SSSR count). The van der Waals surface area contributed by atoms with Gasteiger partial charge in [-0.05, 0) is 12.8 Å². The van der Waals surface area contributed by atoms with Gasteiger partial charge in [-0.1, -0.05) is 166 Å². The van der Waals surface area contributed by atoms with Crippen molar-refractivity contribution in [2.75, 3.05) is 26.9 Å². The lowest BCUT2D eigenvalue weighted by Crippen LogP contribution is -2.45. The number of nitrogen functional groups attached to an aromatic ring is 2. The molecule has 0 radical (unpaired) electrons. The molecule has 640 valence electrons. The number of aromatic nitrogens is 15. The van der Waals surface area contributed by atoms with Crippen LogP contribution in [0, 0.1) is 115 Å². The molecule has 0 spiro atoms. The minimum atomic E-state index is -2.16. The van der Waals surface area contributed by atoms with Gasteiger partial charge in [0, 0.05) is 51.7 Å². The maximum absolute atomic E-state index is 14.2. The fourth-order valence-electron chi connectivity index (χ4n) is 14.5. The lowest BCUT2D eigenvalue weighted by atomic mass is 9.86. The van der Waals surface area contributed by atoms with Crippen molar-refractivity contribution >= 4 is 163 Å². The molecule has 15 N–H and O–H groups in total. The van der Waals surface area contributed by atoms with Crippen molar-refractivity contribution in [2.24, 2.45) is 11.8 Å². The zero-order chi connectivity index (χ0) is 89.0. The lowest BCUT2D eigenvalue weighted by molar-refractivity contribution is -0.0720. The third kappa shape index (κ3) is 15.9. The molecular formula is C76H72BrCl3F5I2N17O17. The van der Waals surface area contributed by atoms with Gasteiger partial charge < -0.3 is 96.1 Å². The molecule has 10 aromatic rings. The molecule has 6 fully saturated rings. The summed E-state index contributed by atoms with van der Waals surface area (Å²) in [6.07, 6.45) is 30.5. The number of aliphatic hydroxyl groups excluding tert-OH is 5. The molecule has 1 unspecified atom stereocenters. The third-order valence-corrected chi connectivity index (χ3v) is 24.8. The standard InChI is InChI=1S/C15H15ClFN3O2.C13H10ClFIN3O3.C13H11ClFN3O4.C13H12FIN4O3.C13H11FN4O3.C9H13BrO2/c1-4-10-8(3)15(21,5-2)14(22-10)20-6-9(17)11-12(16)18-7-19-13(11)20;1-2-13(21)9(20)7(3-16)22-12(13)19-4-6(15)8-10(14)17-5-18-11(8)19;1-2-13(21)9(20)7(4-19)22-12(13)18-3-6(15)8-10(14)16-5-17-11(8)18;1-2-13(21)9(20)7(3-15)22-12(13)19-4-6(14)8-10(16)17-5-18-11(8)19;1-3-13(20)9(19)6(2)21-12(13)18-4-7(14)8-10(15)16-5-17-11(8)18;1-4-7-6(3)9(11,5-2)8(10)12-7/h2,6-8,10,14,21H,4H2,1,3H3;1,4-5,7,9,12,20-21H,3H2;1,3,5,7,9,12,19-21H,4H2;1,4-5,7,9,12,20-21H,3H2,(H2,16,17,18);1,4-5,9,12,19-20H,2H2,(H2,15,16,17);2,6-8,11H,4H2,1,3H3/t8-,10-,14-,15-;3*7-,9-,12-,13-;9-,12-,13-;6-,7-,8?,9-/m111111/s1. The van der Waals surface area contributed by atoms with E-state index in [-0.39, 0.29) is 112 Å². The first-order valence-electron chi connectivity index (χ1n) is 35.7. The SMILES string of the molecule is C#C[C@@]1(O)[C@H](C)[C@@H](CC)O[C@H]1n1cc(F)c2c(Cl)ncnc21.C#C[C@@]1(O)[C@H](O)C(=C)O[C@H]1n1cc(F)c2c(N)ncnc21.C#C[C@@]1(O)[C@H](O)[C@@H](CI)O[C@H]1n1cc(F)c2c(Cl)ncnc21.C#C[C@@]1(O)[C@H](O)[C@@H](CI)O[C@H]1n1cc(F)c2c(N)ncnc21.C#C[C@@]1(O)[C@H](O)[C@@H](CO)O[C@H]1n1cc(F)c2c(Cl)ncnc21.C#C[C@]1(O)C(Br)O[C@H](CC)[C@H]1C. The maximum atomic E-state index is 14.2. The third-order valence-electron chi connectivity index (χ3n) is 21.3. The number of alkyl halides is 3. The minimum Gasteiger partial charge on any atom is -0.468 e. The second-order valence-corrected chi connectivity index (χ2v) is 31.6. The Morgan fingerprint density at radius 3 is 1.02 bits per heavy atom. The van der Waals surface area contributed by atoms with E-state index in [2.05, 4.69) is 102 Å². The topological polar surface area (TPSA) is 484 Å². The van der Waals surface area contributed by atoms with Crippen LogP contribution in [0.25, 0.3) is 55.2 Å². The molecule has 121 heavy (non-hydrogen) atoms. The molecular weight excluding hydrogens is 1960 g/mol. The van der Waals surface area contributed by atoms with Crippen molar-refractivity contribution in [3.8, 4) is 74.1 Å². The second-order valence-electron chi connectivity index (χ2n) is 27.9. The average Bonchev–Trinajstić information content (AvgIpc) is 1.60. The molecule has 0 amide bonds. The molecule has 6 aliphatic heterocycles. The van der Waals surface area contributed by atoms with Gasteiger partial charge in [0.15, 0.2) is 104 Å². The maximum Gasteiger partial charge on any atom is 0.220 e. The largest absolute Gasteiger partial charge is 0.468 e. The predicted molar refractivity (Wildman–Crippen MR) is 444 cm³/mol. The van der Waals surface area contributed by atoms with E-state index in [1.807, 2.05) is 78.8 Å². The van der Waals surface area contributed by atoms with Crippen LogP contribution in [-0.2, 0) is 28.4 Å². The number of fused-ring (bicyclic) bond motifs is 5. The van der Waals surface area contributed by atoms with E-state index in [4.69, 9.17) is 113 Å². The Morgan fingerprint density at radius 1 is 0.438 bits per heavy atom. The number of aliphatic hydroxyl groups is 11. The van der Waals surface area contributed by atoms with Crippen LogP contribution in [0.4, 0.5) is 33.6 Å². The molecule has 16 heterocycles. The van der Waals surface area contributed by atoms with Crippen LogP contribution in [0.2, 0.25) is 15.5 Å². The van der Waals surface area contributed by atoms with Crippen molar-refractivity contribution in [1.82, 2.24) is 72.7 Å². The highest BCUT2D eigenvalue weighted by Crippen LogP contribution is 2.49. The van der Waals surface area contributed by atoms with Crippen LogP contribution in [-0.4, -0.2) is 238 Å². The monoisotopic (exact) mass is 2030 g/mol. The molecule has 34 nitrogen and oxygen atoms in total. The van der Waals surface area contributed by atoms with Gasteiger partial charge in [0.25, 0.3) is 0 Å². The summed E-state index contributed by atoms with van der Waals surface area (Å²) >= 11 is 24.9. The van der Waals surface area contributed by atoms with Crippen LogP contribution >= 0.6 is 95.9 Å². The number of nitrogens with two attached hydrogens (primary N) is 2. The van der Waals surface area contributed by atoms with Crippen LogP contribution < -0.4 is 11.5 Å². The van der Waals surface area contributed by atoms with Gasteiger partial charge in [0.2, 0.25) is 11.8 Å². The van der Waals surface area contributed by atoms with Crippen molar-refractivity contribution < 1.29 is 107 Å². The van der Waals surface area contributed by atoms with E-state index in [1.165, 1.54) is 32.6 Å². The van der Waals surface area contributed by atoms with Crippen molar-refractivity contribution in [2.45, 2.75) is 165 Å². The second kappa shape index (κ2) is 36.3. The Bertz CT molecular complexity index is 5370. The Kier molecular flexibility index (Phi) is 27.9. The van der Waals surface area contributed by atoms with Gasteiger partial charge in [-0.15, -0.1) is 38.5 Å². The fourth-order valence-corrected chi connectivity index (χ4v) is 17.3. The molecule has 45 heteroatoms. The number of nitrogens with zero attached hydrogens (tertiary/aromatic N) is 15. The van der Waals surface area contributed by atoms with E-state index < -0.39 is 148 Å². The molecule has 6 saturated heterocycles. The summed E-state index contributed by atoms with van der Waals surface area (Å²) in [5, 5.41) is 112. The highest BCUT2D eigenvalue weighted by atomic mass is 127. The summed E-state index contributed by atoms with van der Waals surface area (Å²) in [4.78, 5) is 38.4. The average molecular weight is 2030 g/mol. The number of hydrogen-bond acceptors (Lipinski definition) is 29. The molecule has 10 aromatic heterocycles. The zero-order valence-corrected chi connectivity index (χ0v) is 71.4. The van der Waals surface area contributed by atoms with Gasteiger partial charge in [-0.3, -0.25) is 22.8 Å². The number of hydrogen-bond donors (Lipinski definition) is 13. The summed E-state index contributed by atoms with van der Waals surface area (Å²) < 4.78 is 111. The number of halogens is 11. The number of rotatable bonds is 10. The van der Waals surface area contributed by atoms with Crippen LogP contribution in [0.5, 0.6) is 0 Å². The molecule has 23 atom stereocenters. The van der Waals surface area contributed by atoms with E-state index >= 15 is 0 Å². The Labute approximate surface area is 734 Å². The Balaban J connectivity index is 0.000000143. The van der Waals surface area contributed by atoms with E-state index in [9.17, 15) is 78.1 Å². The summed E-state index contributed by atoms with van der Waals surface area (Å²) in [5.74, 6) is 9.31. The minimum absolute atomic E-state index is 0.000415. The summed E-state index contributed by atoms with van der Waals surface area (Å²) in [5.41, 5.74) is 0.885. The fraction of sp³-hybridized carbons (Fsp3) is 0.421. The van der Waals surface area contributed by atoms with Crippen molar-refractivity contribution in [3.63, 3.8) is 0 Å². The van der Waals surface area contributed by atoms with E-state index in [0.717, 1.165) is 59.3 Å². The summed E-state index contributed by atoms with van der Waals surface area (Å²) in [7, 11) is 0.